The lowest BCUT2D eigenvalue weighted by Gasteiger charge is -2.39. The Morgan fingerprint density at radius 3 is 2.56 bits per heavy atom. The molecule has 1 aliphatic heterocycles. The van der Waals surface area contributed by atoms with Gasteiger partial charge in [-0.2, -0.15) is 0 Å². The molecular formula is C22H28O10. The van der Waals surface area contributed by atoms with Gasteiger partial charge in [-0.05, 0) is 20.3 Å². The molecular weight excluding hydrogens is 424 g/mol. The Balaban J connectivity index is 1.76. The van der Waals surface area contributed by atoms with E-state index in [1.165, 1.54) is 13.2 Å². The van der Waals surface area contributed by atoms with E-state index < -0.39 is 37.3 Å². The summed E-state index contributed by atoms with van der Waals surface area (Å²) in [6, 6.07) is 2.85. The van der Waals surface area contributed by atoms with Gasteiger partial charge in [0.05, 0.1) is 20.3 Å². The van der Waals surface area contributed by atoms with Gasteiger partial charge in [-0.25, -0.2) is 0 Å². The van der Waals surface area contributed by atoms with Crippen LogP contribution < -0.4 is 10.2 Å². The summed E-state index contributed by atoms with van der Waals surface area (Å²) in [7, 11) is 1.44. The molecule has 3 rings (SSSR count). The number of rotatable bonds is 7. The second kappa shape index (κ2) is 9.99. The third-order valence-electron chi connectivity index (χ3n) is 5.38. The van der Waals surface area contributed by atoms with Gasteiger partial charge >= 0.3 is 0 Å². The van der Waals surface area contributed by atoms with Crippen molar-refractivity contribution in [3.63, 3.8) is 0 Å². The van der Waals surface area contributed by atoms with Gasteiger partial charge < -0.3 is 44.2 Å². The van der Waals surface area contributed by atoms with Crippen molar-refractivity contribution in [2.75, 3.05) is 20.3 Å². The second-order valence-electron chi connectivity index (χ2n) is 7.76. The second-order valence-corrected chi connectivity index (χ2v) is 7.76. The summed E-state index contributed by atoms with van der Waals surface area (Å²) >= 11 is 0. The number of phenolic OH excluding ortho intramolecular Hbond substituents is 1. The Bertz CT molecular complexity index is 1040. The molecule has 0 aliphatic carbocycles. The lowest BCUT2D eigenvalue weighted by Crippen LogP contribution is -2.59. The maximum Gasteiger partial charge on any atom is 0.196 e. The van der Waals surface area contributed by atoms with E-state index in [1.54, 1.807) is 26.0 Å². The van der Waals surface area contributed by atoms with Gasteiger partial charge in [-0.1, -0.05) is 11.6 Å². The molecule has 0 radical (unpaired) electrons. The van der Waals surface area contributed by atoms with Gasteiger partial charge in [0.25, 0.3) is 0 Å². The van der Waals surface area contributed by atoms with E-state index in [-0.39, 0.29) is 35.2 Å². The minimum absolute atomic E-state index is 0.000677. The Hall–Kier alpha value is -2.47. The van der Waals surface area contributed by atoms with Gasteiger partial charge in [-0.15, -0.1) is 0 Å². The number of aliphatic hydroxyl groups excluding tert-OH is 4. The Labute approximate surface area is 183 Å². The smallest absolute Gasteiger partial charge is 0.196 e. The van der Waals surface area contributed by atoms with Crippen LogP contribution >= 0.6 is 0 Å². The summed E-state index contributed by atoms with van der Waals surface area (Å²) in [6.45, 7) is 2.83. The highest BCUT2D eigenvalue weighted by atomic mass is 16.7. The van der Waals surface area contributed by atoms with Crippen LogP contribution in [0, 0.1) is 6.92 Å². The molecule has 0 amide bonds. The number of benzene rings is 1. The van der Waals surface area contributed by atoms with Crippen LogP contribution in [0.4, 0.5) is 0 Å². The van der Waals surface area contributed by atoms with Crippen molar-refractivity contribution in [1.82, 2.24) is 0 Å². The molecule has 0 spiro atoms. The molecule has 2 heterocycles. The molecule has 1 aromatic heterocycles. The molecule has 0 bridgehead atoms. The number of phenols is 1. The zero-order valence-corrected chi connectivity index (χ0v) is 18.0. The monoisotopic (exact) mass is 452 g/mol. The quantitative estimate of drug-likeness (QED) is 0.365. The fourth-order valence-corrected chi connectivity index (χ4v) is 3.57. The Morgan fingerprint density at radius 2 is 1.91 bits per heavy atom. The van der Waals surface area contributed by atoms with Crippen LogP contribution in [0.2, 0.25) is 0 Å². The highest BCUT2D eigenvalue weighted by Gasteiger charge is 2.43. The number of methoxy groups -OCH3 is 1. The first kappa shape index (κ1) is 24.2. The van der Waals surface area contributed by atoms with Gasteiger partial charge in [-0.3, -0.25) is 4.79 Å². The van der Waals surface area contributed by atoms with Crippen molar-refractivity contribution < 1.29 is 44.2 Å². The maximum atomic E-state index is 12.3. The number of ether oxygens (including phenoxy) is 3. The van der Waals surface area contributed by atoms with E-state index in [4.69, 9.17) is 18.6 Å². The average molecular weight is 452 g/mol. The Kier molecular flexibility index (Phi) is 7.55. The molecule has 1 aromatic carbocycles. The van der Waals surface area contributed by atoms with Crippen LogP contribution in [-0.4, -0.2) is 76.6 Å². The number of hydrogen-bond acceptors (Lipinski definition) is 10. The zero-order valence-electron chi connectivity index (χ0n) is 18.0. The molecule has 32 heavy (non-hydrogen) atoms. The first-order valence-corrected chi connectivity index (χ1v) is 10.1. The Morgan fingerprint density at radius 1 is 1.19 bits per heavy atom. The largest absolute Gasteiger partial charge is 0.507 e. The lowest BCUT2D eigenvalue weighted by molar-refractivity contribution is -0.299. The van der Waals surface area contributed by atoms with Crippen molar-refractivity contribution in [3.8, 4) is 11.5 Å². The maximum absolute atomic E-state index is 12.3. The predicted octanol–water partition coefficient (Wildman–Crippen LogP) is 0.121. The van der Waals surface area contributed by atoms with Gasteiger partial charge in [0.2, 0.25) is 0 Å². The summed E-state index contributed by atoms with van der Waals surface area (Å²) in [6.07, 6.45) is -4.83. The van der Waals surface area contributed by atoms with Crippen LogP contribution in [0.1, 0.15) is 18.2 Å². The van der Waals surface area contributed by atoms with E-state index in [9.17, 15) is 30.3 Å². The molecule has 2 aromatic rings. The summed E-state index contributed by atoms with van der Waals surface area (Å²) in [5, 5.41) is 49.7. The van der Waals surface area contributed by atoms with Crippen molar-refractivity contribution in [2.24, 2.45) is 0 Å². The van der Waals surface area contributed by atoms with Gasteiger partial charge in [0, 0.05) is 17.7 Å². The number of fused-ring (bicyclic) bond motifs is 1. The summed E-state index contributed by atoms with van der Waals surface area (Å²) < 4.78 is 21.7. The van der Waals surface area contributed by atoms with Crippen molar-refractivity contribution in [1.29, 1.82) is 0 Å². The number of aromatic hydroxyl groups is 1. The van der Waals surface area contributed by atoms with E-state index in [0.717, 1.165) is 0 Å². The first-order valence-electron chi connectivity index (χ1n) is 10.1. The fraction of sp³-hybridized carbons (Fsp3) is 0.500. The molecule has 0 saturated carbocycles. The minimum atomic E-state index is -1.52. The van der Waals surface area contributed by atoms with Crippen molar-refractivity contribution in [2.45, 2.75) is 51.0 Å². The van der Waals surface area contributed by atoms with Crippen LogP contribution in [-0.2, 0) is 15.9 Å². The molecule has 1 fully saturated rings. The number of hydrogen-bond donors (Lipinski definition) is 5. The standard InChI is InChI=1S/C22H28O10/c1-10(9-30-22-21(28)20(27)19(26)16(8-23)32-22)4-5-12-14(29-3)7-15-17(18(12)25)13(24)6-11(2)31-15/h4,6-7,16,19-23,25-28H,5,8-9H2,1-3H3/b10-4-/t16-,19-,20+,21-,22-/m1/s1. The normalized spacial score (nSPS) is 26.5. The third-order valence-corrected chi connectivity index (χ3v) is 5.38. The van der Waals surface area contributed by atoms with Crippen molar-refractivity contribution >= 4 is 11.0 Å². The third kappa shape index (κ3) is 4.80. The number of aryl methyl sites for hydroxylation is 1. The lowest BCUT2D eigenvalue weighted by atomic mass is 9.99. The molecule has 1 saturated heterocycles. The zero-order chi connectivity index (χ0) is 23.6. The van der Waals surface area contributed by atoms with Gasteiger partial charge in [0.15, 0.2) is 11.7 Å². The van der Waals surface area contributed by atoms with Crippen LogP contribution in [0.25, 0.3) is 11.0 Å². The molecule has 5 N–H and O–H groups in total. The topological polar surface area (TPSA) is 159 Å². The molecule has 176 valence electrons. The van der Waals surface area contributed by atoms with Crippen LogP contribution in [0.5, 0.6) is 11.5 Å². The number of allylic oxidation sites excluding steroid dienone is 1. The molecule has 1 aliphatic rings. The van der Waals surface area contributed by atoms with E-state index in [0.29, 0.717) is 22.6 Å². The fourth-order valence-electron chi connectivity index (χ4n) is 3.57. The highest BCUT2D eigenvalue weighted by Crippen LogP contribution is 2.35. The van der Waals surface area contributed by atoms with E-state index >= 15 is 0 Å². The summed E-state index contributed by atoms with van der Waals surface area (Å²) in [5.74, 6) is 0.535. The summed E-state index contributed by atoms with van der Waals surface area (Å²) in [4.78, 5) is 12.3. The minimum Gasteiger partial charge on any atom is -0.507 e. The predicted molar refractivity (Wildman–Crippen MR) is 113 cm³/mol. The SMILES string of the molecule is COc1cc2oc(C)cc(=O)c2c(O)c1C/C=C(/C)CO[C@@H]1O[C@H](CO)[C@@H](O)[C@H](O)[C@H]1O. The van der Waals surface area contributed by atoms with Crippen molar-refractivity contribution in [3.05, 3.63) is 45.3 Å². The van der Waals surface area contributed by atoms with Crippen LogP contribution in [0.15, 0.2) is 33.0 Å². The van der Waals surface area contributed by atoms with Crippen LogP contribution in [0.3, 0.4) is 0 Å². The molecule has 5 atom stereocenters. The van der Waals surface area contributed by atoms with E-state index in [2.05, 4.69) is 0 Å². The molecule has 10 nitrogen and oxygen atoms in total. The molecule has 0 unspecified atom stereocenters. The highest BCUT2D eigenvalue weighted by molar-refractivity contribution is 5.87. The van der Waals surface area contributed by atoms with E-state index in [1.807, 2.05) is 0 Å². The number of aliphatic hydroxyl groups is 4. The van der Waals surface area contributed by atoms with Gasteiger partial charge in [0.1, 0.15) is 52.6 Å². The molecule has 10 heteroatoms. The average Bonchev–Trinajstić information content (AvgIpc) is 2.75. The summed E-state index contributed by atoms with van der Waals surface area (Å²) in [5.41, 5.74) is 0.944. The first-order chi connectivity index (χ1) is 15.2.